The normalized spacial score (nSPS) is 26.3. The zero-order chi connectivity index (χ0) is 13.8. The molecule has 1 aliphatic carbocycles. The molecular weight excluding hydrogens is 247 g/mol. The van der Waals surface area contributed by atoms with Gasteiger partial charge in [-0.05, 0) is 32.1 Å². The highest BCUT2D eigenvalue weighted by molar-refractivity contribution is 4.91. The van der Waals surface area contributed by atoms with Gasteiger partial charge in [-0.25, -0.2) is 0 Å². The van der Waals surface area contributed by atoms with Crippen LogP contribution in [0.1, 0.15) is 39.0 Å². The van der Waals surface area contributed by atoms with Gasteiger partial charge >= 0.3 is 6.18 Å². The number of hydrogen-bond acceptors (Lipinski definition) is 3. The summed E-state index contributed by atoms with van der Waals surface area (Å²) in [7, 11) is 0. The zero-order valence-electron chi connectivity index (χ0n) is 10.6. The van der Waals surface area contributed by atoms with Crippen LogP contribution in [0.5, 0.6) is 0 Å². The van der Waals surface area contributed by atoms with E-state index in [0.717, 1.165) is 0 Å². The summed E-state index contributed by atoms with van der Waals surface area (Å²) in [6, 6.07) is -0.0529. The van der Waals surface area contributed by atoms with Crippen LogP contribution in [-0.4, -0.2) is 41.2 Å². The predicted molar refractivity (Wildman–Crippen MR) is 62.1 cm³/mol. The van der Waals surface area contributed by atoms with Gasteiger partial charge in [-0.15, -0.1) is 0 Å². The van der Waals surface area contributed by atoms with Gasteiger partial charge in [-0.3, -0.25) is 0 Å². The lowest BCUT2D eigenvalue weighted by molar-refractivity contribution is -0.183. The summed E-state index contributed by atoms with van der Waals surface area (Å²) in [6.45, 7) is 1.42. The first-order valence-corrected chi connectivity index (χ1v) is 6.43. The van der Waals surface area contributed by atoms with Gasteiger partial charge in [0.15, 0.2) is 0 Å². The summed E-state index contributed by atoms with van der Waals surface area (Å²) in [5.41, 5.74) is -0.768. The molecule has 0 radical (unpaired) electrons. The van der Waals surface area contributed by atoms with Gasteiger partial charge in [-0.2, -0.15) is 13.2 Å². The van der Waals surface area contributed by atoms with Gasteiger partial charge in [-0.1, -0.05) is 6.92 Å². The molecule has 18 heavy (non-hydrogen) atoms. The van der Waals surface area contributed by atoms with E-state index in [1.165, 1.54) is 0 Å². The van der Waals surface area contributed by atoms with Gasteiger partial charge in [0, 0.05) is 6.04 Å². The largest absolute Gasteiger partial charge is 0.394 e. The van der Waals surface area contributed by atoms with E-state index in [0.29, 0.717) is 19.3 Å². The van der Waals surface area contributed by atoms with Crippen molar-refractivity contribution in [1.82, 2.24) is 5.32 Å². The van der Waals surface area contributed by atoms with Crippen LogP contribution >= 0.6 is 0 Å². The summed E-state index contributed by atoms with van der Waals surface area (Å²) in [5, 5.41) is 21.7. The van der Waals surface area contributed by atoms with E-state index in [9.17, 15) is 23.4 Å². The Kier molecular flexibility index (Phi) is 5.43. The smallest absolute Gasteiger partial charge is 0.391 e. The van der Waals surface area contributed by atoms with Crippen LogP contribution in [-0.2, 0) is 0 Å². The summed E-state index contributed by atoms with van der Waals surface area (Å²) in [4.78, 5) is 0. The summed E-state index contributed by atoms with van der Waals surface area (Å²) in [6.07, 6.45) is -2.44. The Labute approximate surface area is 105 Å². The fraction of sp³-hybridized carbons (Fsp3) is 1.00. The minimum atomic E-state index is -4.10. The van der Waals surface area contributed by atoms with E-state index in [1.54, 1.807) is 0 Å². The lowest BCUT2D eigenvalue weighted by atomic mass is 9.84. The highest BCUT2D eigenvalue weighted by Gasteiger charge is 2.42. The Balaban J connectivity index is 2.48. The van der Waals surface area contributed by atoms with Gasteiger partial charge in [0.1, 0.15) is 0 Å². The third kappa shape index (κ3) is 3.83. The molecule has 0 aromatic rings. The monoisotopic (exact) mass is 269 g/mol. The van der Waals surface area contributed by atoms with Crippen LogP contribution in [0.3, 0.4) is 0 Å². The predicted octanol–water partition coefficient (Wildman–Crippen LogP) is 1.83. The second-order valence-electron chi connectivity index (χ2n) is 5.18. The van der Waals surface area contributed by atoms with Crippen LogP contribution in [0.25, 0.3) is 0 Å². The van der Waals surface area contributed by atoms with Crippen molar-refractivity contribution in [3.8, 4) is 0 Å². The van der Waals surface area contributed by atoms with Crippen molar-refractivity contribution < 1.29 is 23.4 Å². The van der Waals surface area contributed by atoms with Crippen molar-refractivity contribution in [2.24, 2.45) is 5.92 Å². The maximum absolute atomic E-state index is 12.5. The van der Waals surface area contributed by atoms with E-state index in [1.807, 2.05) is 6.92 Å². The van der Waals surface area contributed by atoms with Crippen molar-refractivity contribution >= 4 is 0 Å². The maximum Gasteiger partial charge on any atom is 0.391 e. The fourth-order valence-corrected chi connectivity index (χ4v) is 2.47. The summed E-state index contributed by atoms with van der Waals surface area (Å²) in [5.74, 6) is -1.20. The van der Waals surface area contributed by atoms with Crippen molar-refractivity contribution in [1.29, 1.82) is 0 Å². The Bertz CT molecular complexity index is 238. The van der Waals surface area contributed by atoms with Crippen LogP contribution < -0.4 is 5.32 Å². The van der Waals surface area contributed by atoms with E-state index in [2.05, 4.69) is 5.32 Å². The number of rotatable bonds is 5. The number of halogens is 3. The molecule has 0 heterocycles. The van der Waals surface area contributed by atoms with Gasteiger partial charge in [0.05, 0.1) is 24.7 Å². The molecule has 0 unspecified atom stereocenters. The number of hydrogen-bond donors (Lipinski definition) is 3. The number of aliphatic hydroxyl groups excluding tert-OH is 2. The Hall–Kier alpha value is -0.330. The molecule has 6 heteroatoms. The van der Waals surface area contributed by atoms with E-state index >= 15 is 0 Å². The van der Waals surface area contributed by atoms with Crippen LogP contribution in [0.4, 0.5) is 13.2 Å². The minimum absolute atomic E-state index is 0.0529. The molecule has 0 bridgehead atoms. The van der Waals surface area contributed by atoms with Crippen molar-refractivity contribution in [3.63, 3.8) is 0 Å². The third-order valence-corrected chi connectivity index (χ3v) is 3.98. The summed E-state index contributed by atoms with van der Waals surface area (Å²) < 4.78 is 37.5. The number of nitrogens with one attached hydrogen (secondary N) is 1. The molecule has 1 fully saturated rings. The average Bonchev–Trinajstić information content (AvgIpc) is 2.36. The van der Waals surface area contributed by atoms with Gasteiger partial charge < -0.3 is 15.5 Å². The maximum atomic E-state index is 12.5. The lowest BCUT2D eigenvalue weighted by Gasteiger charge is -2.38. The minimum Gasteiger partial charge on any atom is -0.394 e. The van der Waals surface area contributed by atoms with Crippen molar-refractivity contribution in [2.75, 3.05) is 13.2 Å². The van der Waals surface area contributed by atoms with Crippen molar-refractivity contribution in [2.45, 2.75) is 56.8 Å². The molecular formula is C12H22F3NO2. The quantitative estimate of drug-likeness (QED) is 0.713. The Morgan fingerprint density at radius 3 is 1.89 bits per heavy atom. The molecule has 0 aromatic carbocycles. The van der Waals surface area contributed by atoms with Crippen LogP contribution in [0.15, 0.2) is 0 Å². The molecule has 0 aliphatic heterocycles. The van der Waals surface area contributed by atoms with E-state index in [4.69, 9.17) is 0 Å². The average molecular weight is 269 g/mol. The molecule has 0 aromatic heterocycles. The first-order valence-electron chi connectivity index (χ1n) is 6.43. The lowest BCUT2D eigenvalue weighted by Crippen LogP contribution is -2.56. The van der Waals surface area contributed by atoms with E-state index in [-0.39, 0.29) is 32.1 Å². The molecule has 3 N–H and O–H groups in total. The molecule has 0 atom stereocenters. The van der Waals surface area contributed by atoms with Crippen LogP contribution in [0.2, 0.25) is 0 Å². The second kappa shape index (κ2) is 6.21. The number of aliphatic hydroxyl groups is 2. The van der Waals surface area contributed by atoms with Crippen LogP contribution in [0, 0.1) is 5.92 Å². The first kappa shape index (κ1) is 15.7. The zero-order valence-corrected chi connectivity index (χ0v) is 10.6. The summed E-state index contributed by atoms with van der Waals surface area (Å²) >= 11 is 0. The highest BCUT2D eigenvalue weighted by atomic mass is 19.4. The Morgan fingerprint density at radius 2 is 1.56 bits per heavy atom. The molecule has 108 valence electrons. The highest BCUT2D eigenvalue weighted by Crippen LogP contribution is 2.37. The Morgan fingerprint density at radius 1 is 1.06 bits per heavy atom. The first-order chi connectivity index (χ1) is 8.37. The third-order valence-electron chi connectivity index (χ3n) is 3.98. The topological polar surface area (TPSA) is 52.5 Å². The standard InChI is InChI=1S/C12H22F3NO2/c1-2-11(7-17,8-18)16-10-5-3-9(4-6-10)12(13,14)15/h9-10,16-18H,2-8H2,1H3. The molecule has 3 nitrogen and oxygen atoms in total. The van der Waals surface area contributed by atoms with Crippen molar-refractivity contribution in [3.05, 3.63) is 0 Å². The molecule has 0 saturated heterocycles. The molecule has 0 spiro atoms. The fourth-order valence-electron chi connectivity index (χ4n) is 2.47. The van der Waals surface area contributed by atoms with Gasteiger partial charge in [0.25, 0.3) is 0 Å². The SMILES string of the molecule is CCC(CO)(CO)NC1CCC(C(F)(F)F)CC1. The molecule has 0 amide bonds. The van der Waals surface area contributed by atoms with E-state index < -0.39 is 17.6 Å². The second-order valence-corrected chi connectivity index (χ2v) is 5.18. The molecule has 1 aliphatic rings. The number of alkyl halides is 3. The molecule has 1 saturated carbocycles. The molecule has 1 rings (SSSR count). The van der Waals surface area contributed by atoms with Gasteiger partial charge in [0.2, 0.25) is 0 Å².